The fourth-order valence-electron chi connectivity index (χ4n) is 2.77. The van der Waals surface area contributed by atoms with Gasteiger partial charge in [-0.1, -0.05) is 44.2 Å². The van der Waals surface area contributed by atoms with Crippen molar-refractivity contribution in [2.24, 2.45) is 4.99 Å². The molecule has 1 atom stereocenters. The Kier molecular flexibility index (Phi) is 10.2. The van der Waals surface area contributed by atoms with Crippen LogP contribution in [0.3, 0.4) is 0 Å². The molecule has 0 aliphatic carbocycles. The molecule has 1 aromatic carbocycles. The van der Waals surface area contributed by atoms with Crippen LogP contribution in [0.15, 0.2) is 47.6 Å². The van der Waals surface area contributed by atoms with Gasteiger partial charge in [-0.05, 0) is 24.7 Å². The summed E-state index contributed by atoms with van der Waals surface area (Å²) in [5.41, 5.74) is 2.35. The standard InChI is InChI=1S/C18H28N6.HI/c1-4-24(5-2)17(15-9-7-6-8-10-15)14-21-18(19-3)20-13-16-11-12-22-23-16;/h6-12,17H,4-5,13-14H2,1-3H3,(H,22,23)(H2,19,20,21);1H. The van der Waals surface area contributed by atoms with E-state index in [0.29, 0.717) is 12.6 Å². The van der Waals surface area contributed by atoms with Crippen LogP contribution in [0, 0.1) is 0 Å². The number of halogens is 1. The van der Waals surface area contributed by atoms with Gasteiger partial charge in [-0.3, -0.25) is 15.0 Å². The summed E-state index contributed by atoms with van der Waals surface area (Å²) >= 11 is 0. The molecule has 138 valence electrons. The van der Waals surface area contributed by atoms with E-state index in [1.165, 1.54) is 5.56 Å². The van der Waals surface area contributed by atoms with Crippen LogP contribution in [-0.4, -0.2) is 47.7 Å². The van der Waals surface area contributed by atoms with Gasteiger partial charge in [0, 0.05) is 19.8 Å². The van der Waals surface area contributed by atoms with E-state index >= 15 is 0 Å². The van der Waals surface area contributed by atoms with E-state index in [9.17, 15) is 0 Å². The van der Waals surface area contributed by atoms with E-state index in [-0.39, 0.29) is 24.0 Å². The SMILES string of the molecule is CCN(CC)C(CNC(=NC)NCc1ccn[nH]1)c1ccccc1.I. The first-order valence-electron chi connectivity index (χ1n) is 8.50. The Morgan fingerprint density at radius 1 is 1.16 bits per heavy atom. The first-order chi connectivity index (χ1) is 11.8. The molecule has 0 saturated heterocycles. The molecule has 1 heterocycles. The van der Waals surface area contributed by atoms with Crippen LogP contribution in [0.5, 0.6) is 0 Å². The lowest BCUT2D eigenvalue weighted by atomic mass is 10.1. The second kappa shape index (κ2) is 11.9. The molecule has 25 heavy (non-hydrogen) atoms. The van der Waals surface area contributed by atoms with Crippen LogP contribution in [0.4, 0.5) is 0 Å². The summed E-state index contributed by atoms with van der Waals surface area (Å²) in [6, 6.07) is 12.9. The van der Waals surface area contributed by atoms with Crippen molar-refractivity contribution in [3.05, 3.63) is 53.9 Å². The number of aromatic nitrogens is 2. The van der Waals surface area contributed by atoms with E-state index in [1.807, 2.05) is 6.07 Å². The Labute approximate surface area is 167 Å². The van der Waals surface area contributed by atoms with E-state index in [2.05, 4.69) is 74.9 Å². The minimum absolute atomic E-state index is 0. The van der Waals surface area contributed by atoms with E-state index in [1.54, 1.807) is 13.2 Å². The molecular weight excluding hydrogens is 427 g/mol. The molecule has 0 bridgehead atoms. The van der Waals surface area contributed by atoms with Gasteiger partial charge in [-0.15, -0.1) is 24.0 Å². The van der Waals surface area contributed by atoms with Gasteiger partial charge in [-0.25, -0.2) is 0 Å². The van der Waals surface area contributed by atoms with Gasteiger partial charge in [0.15, 0.2) is 5.96 Å². The van der Waals surface area contributed by atoms with E-state index in [4.69, 9.17) is 0 Å². The van der Waals surface area contributed by atoms with Crippen molar-refractivity contribution < 1.29 is 0 Å². The average molecular weight is 456 g/mol. The third kappa shape index (κ3) is 6.66. The number of likely N-dealkylation sites (N-methyl/N-ethyl adjacent to an activating group) is 1. The van der Waals surface area contributed by atoms with Crippen LogP contribution >= 0.6 is 24.0 Å². The van der Waals surface area contributed by atoms with Crippen molar-refractivity contribution in [3.8, 4) is 0 Å². The highest BCUT2D eigenvalue weighted by Gasteiger charge is 2.18. The highest BCUT2D eigenvalue weighted by molar-refractivity contribution is 14.0. The quantitative estimate of drug-likeness (QED) is 0.325. The highest BCUT2D eigenvalue weighted by atomic mass is 127. The maximum absolute atomic E-state index is 4.31. The zero-order chi connectivity index (χ0) is 17.2. The Balaban J connectivity index is 0.00000312. The monoisotopic (exact) mass is 456 g/mol. The summed E-state index contributed by atoms with van der Waals surface area (Å²) in [5.74, 6) is 0.790. The molecule has 0 fully saturated rings. The Morgan fingerprint density at radius 3 is 2.44 bits per heavy atom. The molecule has 1 aromatic heterocycles. The van der Waals surface area contributed by atoms with Crippen molar-refractivity contribution in [1.29, 1.82) is 0 Å². The molecule has 0 radical (unpaired) electrons. The second-order valence-corrected chi connectivity index (χ2v) is 5.54. The van der Waals surface area contributed by atoms with Crippen molar-refractivity contribution in [3.63, 3.8) is 0 Å². The number of aromatic amines is 1. The first kappa shape index (κ1) is 21.4. The second-order valence-electron chi connectivity index (χ2n) is 5.54. The summed E-state index contributed by atoms with van der Waals surface area (Å²) < 4.78 is 0. The van der Waals surface area contributed by atoms with Gasteiger partial charge < -0.3 is 10.6 Å². The number of benzene rings is 1. The number of guanidine groups is 1. The molecule has 0 aliphatic heterocycles. The normalized spacial score (nSPS) is 12.6. The molecule has 0 amide bonds. The van der Waals surface area contributed by atoms with Crippen LogP contribution in [0.2, 0.25) is 0 Å². The molecule has 3 N–H and O–H groups in total. The lowest BCUT2D eigenvalue weighted by Crippen LogP contribution is -2.43. The van der Waals surface area contributed by atoms with Crippen LogP contribution < -0.4 is 10.6 Å². The molecular formula is C18H29IN6. The van der Waals surface area contributed by atoms with Gasteiger partial charge in [0.1, 0.15) is 0 Å². The molecule has 2 aromatic rings. The number of nitrogens with one attached hydrogen (secondary N) is 3. The smallest absolute Gasteiger partial charge is 0.191 e. The fraction of sp³-hybridized carbons (Fsp3) is 0.444. The molecule has 6 nitrogen and oxygen atoms in total. The maximum Gasteiger partial charge on any atom is 0.191 e. The molecule has 0 aliphatic rings. The number of hydrogen-bond donors (Lipinski definition) is 3. The average Bonchev–Trinajstić information content (AvgIpc) is 3.15. The van der Waals surface area contributed by atoms with Gasteiger partial charge in [0.05, 0.1) is 18.3 Å². The van der Waals surface area contributed by atoms with Crippen molar-refractivity contribution >= 4 is 29.9 Å². The predicted molar refractivity (Wildman–Crippen MR) is 114 cm³/mol. The Bertz CT molecular complexity index is 595. The molecule has 0 saturated carbocycles. The summed E-state index contributed by atoms with van der Waals surface area (Å²) in [4.78, 5) is 6.75. The maximum atomic E-state index is 4.31. The zero-order valence-corrected chi connectivity index (χ0v) is 17.5. The number of nitrogens with zero attached hydrogens (tertiary/aromatic N) is 3. The Hall–Kier alpha value is -1.61. The largest absolute Gasteiger partial charge is 0.354 e. The third-order valence-corrected chi connectivity index (χ3v) is 4.13. The van der Waals surface area contributed by atoms with Gasteiger partial charge in [0.25, 0.3) is 0 Å². The lowest BCUT2D eigenvalue weighted by molar-refractivity contribution is 0.219. The predicted octanol–water partition coefficient (Wildman–Crippen LogP) is 2.78. The van der Waals surface area contributed by atoms with Crippen LogP contribution in [0.25, 0.3) is 0 Å². The fourth-order valence-corrected chi connectivity index (χ4v) is 2.77. The summed E-state index contributed by atoms with van der Waals surface area (Å²) in [6.07, 6.45) is 1.75. The summed E-state index contributed by atoms with van der Waals surface area (Å²) in [6.45, 7) is 7.89. The Morgan fingerprint density at radius 2 is 1.88 bits per heavy atom. The van der Waals surface area contributed by atoms with Crippen LogP contribution in [0.1, 0.15) is 31.1 Å². The number of aliphatic imine (C=N–C) groups is 1. The molecule has 0 spiro atoms. The minimum atomic E-state index is 0. The van der Waals surface area contributed by atoms with Gasteiger partial charge in [-0.2, -0.15) is 5.10 Å². The van der Waals surface area contributed by atoms with Crippen molar-refractivity contribution in [2.75, 3.05) is 26.7 Å². The van der Waals surface area contributed by atoms with E-state index < -0.39 is 0 Å². The van der Waals surface area contributed by atoms with Crippen molar-refractivity contribution in [2.45, 2.75) is 26.4 Å². The number of H-pyrrole nitrogens is 1. The van der Waals surface area contributed by atoms with Crippen molar-refractivity contribution in [1.82, 2.24) is 25.7 Å². The molecule has 7 heteroatoms. The topological polar surface area (TPSA) is 68.3 Å². The first-order valence-corrected chi connectivity index (χ1v) is 8.50. The van der Waals surface area contributed by atoms with Gasteiger partial charge in [0.2, 0.25) is 0 Å². The number of rotatable bonds is 8. The minimum Gasteiger partial charge on any atom is -0.354 e. The zero-order valence-electron chi connectivity index (χ0n) is 15.2. The molecule has 2 rings (SSSR count). The molecule has 1 unspecified atom stereocenters. The summed E-state index contributed by atoms with van der Waals surface area (Å²) in [5, 5.41) is 13.6. The highest BCUT2D eigenvalue weighted by Crippen LogP contribution is 2.19. The number of hydrogen-bond acceptors (Lipinski definition) is 3. The summed E-state index contributed by atoms with van der Waals surface area (Å²) in [7, 11) is 1.79. The third-order valence-electron chi connectivity index (χ3n) is 4.13. The van der Waals surface area contributed by atoms with Crippen LogP contribution in [-0.2, 0) is 6.54 Å². The van der Waals surface area contributed by atoms with Gasteiger partial charge >= 0.3 is 0 Å². The lowest BCUT2D eigenvalue weighted by Gasteiger charge is -2.30. The van der Waals surface area contributed by atoms with E-state index in [0.717, 1.165) is 31.3 Å².